The van der Waals surface area contributed by atoms with Crippen molar-refractivity contribution < 1.29 is 27.5 Å². The van der Waals surface area contributed by atoms with E-state index in [0.717, 1.165) is 17.0 Å². The minimum Gasteiger partial charge on any atom is -0.391 e. The maximum absolute atomic E-state index is 13.7. The van der Waals surface area contributed by atoms with Crippen LogP contribution in [0.3, 0.4) is 0 Å². The largest absolute Gasteiger partial charge is 0.419 e. The van der Waals surface area contributed by atoms with Crippen molar-refractivity contribution in [3.05, 3.63) is 35.1 Å². The molecule has 0 bridgehead atoms. The van der Waals surface area contributed by atoms with Crippen LogP contribution in [0.25, 0.3) is 0 Å². The Labute approximate surface area is 106 Å². The Kier molecular flexibility index (Phi) is 3.49. The van der Waals surface area contributed by atoms with E-state index in [1.165, 1.54) is 0 Å². The number of aliphatic hydroxyl groups excluding tert-OH is 1. The highest BCUT2D eigenvalue weighted by Gasteiger charge is 2.36. The molecule has 0 spiro atoms. The van der Waals surface area contributed by atoms with Crippen molar-refractivity contribution >= 4 is 5.91 Å². The van der Waals surface area contributed by atoms with Gasteiger partial charge in [0.1, 0.15) is 5.82 Å². The molecular formula is C12H11F4NO2. The Morgan fingerprint density at radius 1 is 1.37 bits per heavy atom. The predicted octanol–water partition coefficient (Wildman–Crippen LogP) is 2.05. The highest BCUT2D eigenvalue weighted by molar-refractivity contribution is 5.95. The van der Waals surface area contributed by atoms with Crippen molar-refractivity contribution in [3.8, 4) is 0 Å². The summed E-state index contributed by atoms with van der Waals surface area (Å²) in [6, 6.07) is 2.59. The molecule has 3 nitrogen and oxygen atoms in total. The molecule has 1 aliphatic rings. The summed E-state index contributed by atoms with van der Waals surface area (Å²) in [5, 5.41) is 9.28. The van der Waals surface area contributed by atoms with Gasteiger partial charge < -0.3 is 10.0 Å². The summed E-state index contributed by atoms with van der Waals surface area (Å²) in [7, 11) is 0. The standard InChI is InChI=1S/C12H11F4NO2/c13-10-8(2-1-3-9(10)12(14,15)16)11(19)17-5-4-7(18)6-17/h1-3,7,18H,4-6H2. The number of likely N-dealkylation sites (tertiary alicyclic amines) is 1. The van der Waals surface area contributed by atoms with Crippen LogP contribution in [0.4, 0.5) is 17.6 Å². The van der Waals surface area contributed by atoms with Crippen molar-refractivity contribution in [1.29, 1.82) is 0 Å². The Morgan fingerprint density at radius 2 is 2.05 bits per heavy atom. The molecule has 0 saturated carbocycles. The molecule has 104 valence electrons. The molecule has 0 aromatic heterocycles. The topological polar surface area (TPSA) is 40.5 Å². The maximum atomic E-state index is 13.7. The van der Waals surface area contributed by atoms with E-state index >= 15 is 0 Å². The van der Waals surface area contributed by atoms with Gasteiger partial charge in [0, 0.05) is 13.1 Å². The van der Waals surface area contributed by atoms with Crippen LogP contribution >= 0.6 is 0 Å². The lowest BCUT2D eigenvalue weighted by Gasteiger charge is -2.17. The number of amides is 1. The van der Waals surface area contributed by atoms with Crippen LogP contribution in [0.5, 0.6) is 0 Å². The van der Waals surface area contributed by atoms with Crippen LogP contribution in [-0.4, -0.2) is 35.1 Å². The van der Waals surface area contributed by atoms with Crippen LogP contribution < -0.4 is 0 Å². The average molecular weight is 277 g/mol. The number of β-amino-alcohol motifs (C(OH)–C–C–N with tert-alkyl or cyclic N) is 1. The third-order valence-corrected chi connectivity index (χ3v) is 2.99. The zero-order valence-corrected chi connectivity index (χ0v) is 9.75. The molecule has 1 amide bonds. The number of aliphatic hydroxyl groups is 1. The Bertz CT molecular complexity index is 501. The van der Waals surface area contributed by atoms with Crippen LogP contribution in [0.15, 0.2) is 18.2 Å². The molecule has 1 unspecified atom stereocenters. The number of rotatable bonds is 1. The fourth-order valence-corrected chi connectivity index (χ4v) is 2.01. The number of halogens is 4. The highest BCUT2D eigenvalue weighted by Crippen LogP contribution is 2.32. The van der Waals surface area contributed by atoms with Gasteiger partial charge >= 0.3 is 6.18 Å². The van der Waals surface area contributed by atoms with Gasteiger partial charge in [-0.15, -0.1) is 0 Å². The summed E-state index contributed by atoms with van der Waals surface area (Å²) < 4.78 is 51.3. The van der Waals surface area contributed by atoms with E-state index in [2.05, 4.69) is 0 Å². The minimum absolute atomic E-state index is 0.00845. The van der Waals surface area contributed by atoms with Crippen LogP contribution in [0.1, 0.15) is 22.3 Å². The summed E-state index contributed by atoms with van der Waals surface area (Å²) in [5.41, 5.74) is -2.08. The van der Waals surface area contributed by atoms with Gasteiger partial charge in [-0.05, 0) is 18.6 Å². The second-order valence-corrected chi connectivity index (χ2v) is 4.36. The van der Waals surface area contributed by atoms with E-state index in [4.69, 9.17) is 0 Å². The zero-order chi connectivity index (χ0) is 14.2. The van der Waals surface area contributed by atoms with Gasteiger partial charge in [0.15, 0.2) is 0 Å². The molecule has 2 rings (SSSR count). The lowest BCUT2D eigenvalue weighted by molar-refractivity contribution is -0.140. The first kappa shape index (κ1) is 13.8. The number of carbonyl (C=O) groups is 1. The van der Waals surface area contributed by atoms with Gasteiger partial charge in [-0.2, -0.15) is 13.2 Å². The first-order chi connectivity index (χ1) is 8.80. The van der Waals surface area contributed by atoms with Crippen molar-refractivity contribution in [2.45, 2.75) is 18.7 Å². The monoisotopic (exact) mass is 277 g/mol. The summed E-state index contributed by atoms with van der Waals surface area (Å²) in [6.45, 7) is 0.213. The molecule has 19 heavy (non-hydrogen) atoms. The second kappa shape index (κ2) is 4.80. The number of alkyl halides is 3. The molecule has 1 saturated heterocycles. The second-order valence-electron chi connectivity index (χ2n) is 4.36. The number of nitrogens with zero attached hydrogens (tertiary/aromatic N) is 1. The number of hydrogen-bond acceptors (Lipinski definition) is 2. The zero-order valence-electron chi connectivity index (χ0n) is 9.75. The first-order valence-corrected chi connectivity index (χ1v) is 5.63. The normalized spacial score (nSPS) is 19.8. The van der Waals surface area contributed by atoms with E-state index in [-0.39, 0.29) is 13.1 Å². The Morgan fingerprint density at radius 3 is 2.58 bits per heavy atom. The van der Waals surface area contributed by atoms with Crippen LogP contribution in [-0.2, 0) is 6.18 Å². The molecular weight excluding hydrogens is 266 g/mol. The van der Waals surface area contributed by atoms with Gasteiger partial charge in [0.2, 0.25) is 0 Å². The Balaban J connectivity index is 2.33. The van der Waals surface area contributed by atoms with E-state index < -0.39 is 35.1 Å². The lowest BCUT2D eigenvalue weighted by atomic mass is 10.1. The maximum Gasteiger partial charge on any atom is 0.419 e. The summed E-state index contributed by atoms with van der Waals surface area (Å²) in [6.07, 6.45) is -5.21. The van der Waals surface area contributed by atoms with Crippen molar-refractivity contribution in [3.63, 3.8) is 0 Å². The van der Waals surface area contributed by atoms with Crippen molar-refractivity contribution in [2.75, 3.05) is 13.1 Å². The van der Waals surface area contributed by atoms with Crippen molar-refractivity contribution in [2.24, 2.45) is 0 Å². The quantitative estimate of drug-likeness (QED) is 0.798. The van der Waals surface area contributed by atoms with Crippen LogP contribution in [0, 0.1) is 5.82 Å². The van der Waals surface area contributed by atoms with Crippen molar-refractivity contribution in [1.82, 2.24) is 4.90 Å². The van der Waals surface area contributed by atoms with Crippen LogP contribution in [0.2, 0.25) is 0 Å². The molecule has 1 N–H and O–H groups in total. The third-order valence-electron chi connectivity index (χ3n) is 2.99. The molecule has 1 aromatic rings. The highest BCUT2D eigenvalue weighted by atomic mass is 19.4. The number of benzene rings is 1. The SMILES string of the molecule is O=C(c1cccc(C(F)(F)F)c1F)N1CCC(O)C1. The average Bonchev–Trinajstić information content (AvgIpc) is 2.74. The smallest absolute Gasteiger partial charge is 0.391 e. The van der Waals surface area contributed by atoms with Gasteiger partial charge in [-0.3, -0.25) is 4.79 Å². The molecule has 0 aliphatic carbocycles. The van der Waals surface area contributed by atoms with Gasteiger partial charge in [-0.1, -0.05) is 6.07 Å². The fraction of sp³-hybridized carbons (Fsp3) is 0.417. The molecule has 1 atom stereocenters. The van der Waals surface area contributed by atoms with E-state index in [9.17, 15) is 27.5 Å². The van der Waals surface area contributed by atoms with Gasteiger partial charge in [-0.25, -0.2) is 4.39 Å². The van der Waals surface area contributed by atoms with Gasteiger partial charge in [0.05, 0.1) is 17.2 Å². The first-order valence-electron chi connectivity index (χ1n) is 5.63. The minimum atomic E-state index is -4.84. The van der Waals surface area contributed by atoms with E-state index in [1.54, 1.807) is 0 Å². The molecule has 1 aliphatic heterocycles. The molecule has 7 heteroatoms. The number of carbonyl (C=O) groups excluding carboxylic acids is 1. The Hall–Kier alpha value is -1.63. The number of hydrogen-bond donors (Lipinski definition) is 1. The summed E-state index contributed by atoms with van der Waals surface area (Å²) in [5.74, 6) is -2.40. The summed E-state index contributed by atoms with van der Waals surface area (Å²) in [4.78, 5) is 13.0. The van der Waals surface area contributed by atoms with Gasteiger partial charge in [0.25, 0.3) is 5.91 Å². The molecule has 1 aromatic carbocycles. The predicted molar refractivity (Wildman–Crippen MR) is 57.9 cm³/mol. The van der Waals surface area contributed by atoms with E-state index in [0.29, 0.717) is 12.5 Å². The molecule has 1 fully saturated rings. The fourth-order valence-electron chi connectivity index (χ4n) is 2.01. The van der Waals surface area contributed by atoms with E-state index in [1.807, 2.05) is 0 Å². The lowest BCUT2D eigenvalue weighted by Crippen LogP contribution is -2.30. The summed E-state index contributed by atoms with van der Waals surface area (Å²) >= 11 is 0. The molecule has 1 heterocycles. The third kappa shape index (κ3) is 2.70. The molecule has 0 radical (unpaired) electrons.